The van der Waals surface area contributed by atoms with Gasteiger partial charge in [-0.3, -0.25) is 4.79 Å². The Kier molecular flexibility index (Phi) is 4.14. The number of halogens is 3. The van der Waals surface area contributed by atoms with E-state index < -0.39 is 17.6 Å². The minimum Gasteiger partial charge on any atom is -0.322 e. The van der Waals surface area contributed by atoms with Crippen molar-refractivity contribution in [2.45, 2.75) is 25.1 Å². The zero-order valence-corrected chi connectivity index (χ0v) is 13.9. The van der Waals surface area contributed by atoms with Gasteiger partial charge in [0.1, 0.15) is 0 Å². The standard InChI is InChI=1S/C18H14F3N5O/c19-18(20,21)13-5-1-12(2-6-13)17(27)22-14-7-3-11(4-8-14)16-23-24-25-26(16)15-9-10-15/h1-8,15H,9-10H2,(H,22,27). The summed E-state index contributed by atoms with van der Waals surface area (Å²) >= 11 is 0. The monoisotopic (exact) mass is 373 g/mol. The van der Waals surface area contributed by atoms with Gasteiger partial charge in [-0.25, -0.2) is 4.68 Å². The van der Waals surface area contributed by atoms with Crippen molar-refractivity contribution < 1.29 is 18.0 Å². The van der Waals surface area contributed by atoms with Crippen LogP contribution in [0.3, 0.4) is 0 Å². The number of nitrogens with zero attached hydrogens (tertiary/aromatic N) is 4. The molecule has 2 aromatic carbocycles. The predicted molar refractivity (Wildman–Crippen MR) is 90.9 cm³/mol. The van der Waals surface area contributed by atoms with Crippen molar-refractivity contribution >= 4 is 11.6 Å². The number of tetrazole rings is 1. The lowest BCUT2D eigenvalue weighted by Gasteiger charge is -2.09. The van der Waals surface area contributed by atoms with Crippen LogP contribution in [0.1, 0.15) is 34.8 Å². The molecular formula is C18H14F3N5O. The van der Waals surface area contributed by atoms with Crippen molar-refractivity contribution in [3.63, 3.8) is 0 Å². The number of benzene rings is 2. The first-order chi connectivity index (χ1) is 12.9. The first-order valence-corrected chi connectivity index (χ1v) is 8.29. The number of carbonyl (C=O) groups is 1. The highest BCUT2D eigenvalue weighted by Crippen LogP contribution is 2.36. The molecule has 0 saturated heterocycles. The summed E-state index contributed by atoms with van der Waals surface area (Å²) in [5, 5.41) is 14.4. The number of hydrogen-bond acceptors (Lipinski definition) is 4. The molecule has 138 valence electrons. The molecule has 0 radical (unpaired) electrons. The molecule has 27 heavy (non-hydrogen) atoms. The van der Waals surface area contributed by atoms with Crippen molar-refractivity contribution in [1.29, 1.82) is 0 Å². The van der Waals surface area contributed by atoms with Crippen molar-refractivity contribution in [3.8, 4) is 11.4 Å². The van der Waals surface area contributed by atoms with Crippen LogP contribution < -0.4 is 5.32 Å². The van der Waals surface area contributed by atoms with E-state index in [1.54, 1.807) is 28.9 Å². The Morgan fingerprint density at radius 2 is 1.70 bits per heavy atom. The lowest BCUT2D eigenvalue weighted by atomic mass is 10.1. The van der Waals surface area contributed by atoms with Gasteiger partial charge in [0.15, 0.2) is 5.82 Å². The number of alkyl halides is 3. The van der Waals surface area contributed by atoms with Crippen LogP contribution in [-0.4, -0.2) is 26.1 Å². The van der Waals surface area contributed by atoms with Crippen molar-refractivity contribution in [3.05, 3.63) is 59.7 Å². The summed E-state index contributed by atoms with van der Waals surface area (Å²) < 4.78 is 39.6. The molecule has 1 amide bonds. The summed E-state index contributed by atoms with van der Waals surface area (Å²) in [5.41, 5.74) is 0.690. The van der Waals surface area contributed by atoms with Gasteiger partial charge in [0, 0.05) is 16.8 Å². The maximum Gasteiger partial charge on any atom is 0.416 e. The van der Waals surface area contributed by atoms with Gasteiger partial charge in [-0.05, 0) is 71.8 Å². The highest BCUT2D eigenvalue weighted by atomic mass is 19.4. The molecular weight excluding hydrogens is 359 g/mol. The second-order valence-electron chi connectivity index (χ2n) is 6.28. The van der Waals surface area contributed by atoms with Crippen molar-refractivity contribution in [1.82, 2.24) is 20.2 Å². The first-order valence-electron chi connectivity index (χ1n) is 8.29. The fourth-order valence-electron chi connectivity index (χ4n) is 2.67. The van der Waals surface area contributed by atoms with E-state index in [4.69, 9.17) is 0 Å². The summed E-state index contributed by atoms with van der Waals surface area (Å²) in [6.45, 7) is 0. The number of aromatic nitrogens is 4. The molecule has 1 aliphatic rings. The molecule has 1 saturated carbocycles. The van der Waals surface area contributed by atoms with Crippen LogP contribution in [0.15, 0.2) is 48.5 Å². The number of carbonyl (C=O) groups excluding carboxylic acids is 1. The molecule has 4 rings (SSSR count). The number of anilines is 1. The largest absolute Gasteiger partial charge is 0.416 e. The van der Waals surface area contributed by atoms with Gasteiger partial charge in [-0.2, -0.15) is 13.2 Å². The van der Waals surface area contributed by atoms with Crippen molar-refractivity contribution in [2.75, 3.05) is 5.32 Å². The zero-order chi connectivity index (χ0) is 19.0. The molecule has 0 spiro atoms. The SMILES string of the molecule is O=C(Nc1ccc(-c2nnnn2C2CC2)cc1)c1ccc(C(F)(F)F)cc1. The second kappa shape index (κ2) is 6.49. The molecule has 0 bridgehead atoms. The van der Waals surface area contributed by atoms with E-state index in [2.05, 4.69) is 20.8 Å². The van der Waals surface area contributed by atoms with E-state index in [1.807, 2.05) is 0 Å². The Morgan fingerprint density at radius 1 is 1.04 bits per heavy atom. The van der Waals surface area contributed by atoms with E-state index in [1.165, 1.54) is 0 Å². The second-order valence-corrected chi connectivity index (χ2v) is 6.28. The molecule has 6 nitrogen and oxygen atoms in total. The third kappa shape index (κ3) is 3.67. The van der Waals surface area contributed by atoms with Gasteiger partial charge >= 0.3 is 6.18 Å². The van der Waals surface area contributed by atoms with E-state index in [0.717, 1.165) is 42.7 Å². The van der Waals surface area contributed by atoms with E-state index in [0.29, 0.717) is 17.6 Å². The zero-order valence-electron chi connectivity index (χ0n) is 13.9. The minimum absolute atomic E-state index is 0.143. The molecule has 3 aromatic rings. The summed E-state index contributed by atoms with van der Waals surface area (Å²) in [4.78, 5) is 12.2. The van der Waals surface area contributed by atoms with E-state index in [-0.39, 0.29) is 5.56 Å². The smallest absolute Gasteiger partial charge is 0.322 e. The topological polar surface area (TPSA) is 72.7 Å². The molecule has 1 fully saturated rings. The predicted octanol–water partition coefficient (Wildman–Crippen LogP) is 3.95. The molecule has 0 unspecified atom stereocenters. The van der Waals surface area contributed by atoms with Gasteiger partial charge in [0.2, 0.25) is 0 Å². The van der Waals surface area contributed by atoms with Gasteiger partial charge in [-0.1, -0.05) is 0 Å². The molecule has 0 atom stereocenters. The third-order valence-corrected chi connectivity index (χ3v) is 4.26. The number of nitrogens with one attached hydrogen (secondary N) is 1. The molecule has 0 aliphatic heterocycles. The van der Waals surface area contributed by atoms with Gasteiger partial charge in [-0.15, -0.1) is 5.10 Å². The normalized spacial score (nSPS) is 14.2. The van der Waals surface area contributed by atoms with E-state index >= 15 is 0 Å². The minimum atomic E-state index is -4.43. The fraction of sp³-hybridized carbons (Fsp3) is 0.222. The van der Waals surface area contributed by atoms with E-state index in [9.17, 15) is 18.0 Å². The number of hydrogen-bond donors (Lipinski definition) is 1. The fourth-order valence-corrected chi connectivity index (χ4v) is 2.67. The quantitative estimate of drug-likeness (QED) is 0.752. The van der Waals surface area contributed by atoms with Crippen LogP contribution in [0, 0.1) is 0 Å². The number of rotatable bonds is 4. The summed E-state index contributed by atoms with van der Waals surface area (Å²) in [6, 6.07) is 11.4. The van der Waals surface area contributed by atoms with Gasteiger partial charge in [0.25, 0.3) is 5.91 Å². The lowest BCUT2D eigenvalue weighted by molar-refractivity contribution is -0.137. The average molecular weight is 373 g/mol. The average Bonchev–Trinajstić information content (AvgIpc) is 3.38. The van der Waals surface area contributed by atoms with Crippen LogP contribution in [-0.2, 0) is 6.18 Å². The Bertz CT molecular complexity index is 960. The van der Waals surface area contributed by atoms with Crippen LogP contribution in [0.2, 0.25) is 0 Å². The van der Waals surface area contributed by atoms with Crippen LogP contribution in [0.4, 0.5) is 18.9 Å². The highest BCUT2D eigenvalue weighted by molar-refractivity contribution is 6.04. The Morgan fingerprint density at radius 3 is 2.30 bits per heavy atom. The van der Waals surface area contributed by atoms with Crippen LogP contribution in [0.25, 0.3) is 11.4 Å². The van der Waals surface area contributed by atoms with Crippen LogP contribution in [0.5, 0.6) is 0 Å². The van der Waals surface area contributed by atoms with Crippen LogP contribution >= 0.6 is 0 Å². The summed E-state index contributed by atoms with van der Waals surface area (Å²) in [7, 11) is 0. The molecule has 1 aromatic heterocycles. The van der Waals surface area contributed by atoms with Gasteiger partial charge < -0.3 is 5.32 Å². The Labute approximate surface area is 152 Å². The van der Waals surface area contributed by atoms with Gasteiger partial charge in [0.05, 0.1) is 11.6 Å². The van der Waals surface area contributed by atoms with Crippen molar-refractivity contribution in [2.24, 2.45) is 0 Å². The molecule has 1 heterocycles. The summed E-state index contributed by atoms with van der Waals surface area (Å²) in [6.07, 6.45) is -2.32. The molecule has 9 heteroatoms. The molecule has 1 aliphatic carbocycles. The Hall–Kier alpha value is -3.23. The molecule has 1 N–H and O–H groups in total. The Balaban J connectivity index is 1.46. The third-order valence-electron chi connectivity index (χ3n) is 4.26. The summed E-state index contributed by atoms with van der Waals surface area (Å²) in [5.74, 6) is 0.178. The number of amides is 1. The highest BCUT2D eigenvalue weighted by Gasteiger charge is 2.30. The maximum absolute atomic E-state index is 12.6. The maximum atomic E-state index is 12.6. The lowest BCUT2D eigenvalue weighted by Crippen LogP contribution is -2.12. The first kappa shape index (κ1) is 17.2.